The zero-order chi connectivity index (χ0) is 18.0. The molecule has 1 unspecified atom stereocenters. The molecule has 0 saturated carbocycles. The molecule has 136 valence electrons. The van der Waals surface area contributed by atoms with E-state index in [1.165, 1.54) is 0 Å². The highest BCUT2D eigenvalue weighted by Crippen LogP contribution is 2.25. The third-order valence-electron chi connectivity index (χ3n) is 4.64. The van der Waals surface area contributed by atoms with Gasteiger partial charge in [-0.15, -0.1) is 5.10 Å². The molecule has 1 saturated heterocycles. The van der Waals surface area contributed by atoms with Crippen molar-refractivity contribution >= 4 is 5.91 Å². The summed E-state index contributed by atoms with van der Waals surface area (Å²) in [5.74, 6) is 0.397. The van der Waals surface area contributed by atoms with Crippen molar-refractivity contribution in [3.8, 4) is 0 Å². The van der Waals surface area contributed by atoms with E-state index in [2.05, 4.69) is 29.3 Å². The van der Waals surface area contributed by atoms with Crippen molar-refractivity contribution in [3.05, 3.63) is 29.8 Å². The van der Waals surface area contributed by atoms with Crippen LogP contribution in [-0.4, -0.2) is 59.4 Å². The fourth-order valence-electron chi connectivity index (χ4n) is 3.39. The summed E-state index contributed by atoms with van der Waals surface area (Å²) < 4.78 is 3.49. The Kier molecular flexibility index (Phi) is 4.89. The molecule has 8 heteroatoms. The minimum atomic E-state index is -0.983. The summed E-state index contributed by atoms with van der Waals surface area (Å²) in [6, 6.07) is 0. The summed E-state index contributed by atoms with van der Waals surface area (Å²) in [5.41, 5.74) is 0.512. The molecule has 0 aliphatic carbocycles. The number of hydrogen-bond donors (Lipinski definition) is 1. The fourth-order valence-corrected chi connectivity index (χ4v) is 3.39. The summed E-state index contributed by atoms with van der Waals surface area (Å²) in [4.78, 5) is 14.7. The normalized spacial score (nSPS) is 21.1. The predicted octanol–water partition coefficient (Wildman–Crippen LogP) is 1.11. The Morgan fingerprint density at radius 2 is 2.24 bits per heavy atom. The maximum atomic E-state index is 12.9. The number of amides is 1. The van der Waals surface area contributed by atoms with Crippen molar-refractivity contribution in [2.45, 2.75) is 52.3 Å². The van der Waals surface area contributed by atoms with Crippen LogP contribution in [0.15, 0.2) is 18.6 Å². The molecule has 2 aromatic rings. The number of piperidine rings is 1. The van der Waals surface area contributed by atoms with Crippen LogP contribution in [0.1, 0.15) is 42.7 Å². The highest BCUT2D eigenvalue weighted by Gasteiger charge is 2.36. The van der Waals surface area contributed by atoms with Crippen molar-refractivity contribution in [1.29, 1.82) is 0 Å². The van der Waals surface area contributed by atoms with Crippen LogP contribution >= 0.6 is 0 Å². The van der Waals surface area contributed by atoms with Gasteiger partial charge in [-0.3, -0.25) is 9.48 Å². The number of β-amino-alcohol motifs (C(OH)–C–C–N with tert-alkyl or cyclic N) is 1. The third-order valence-corrected chi connectivity index (χ3v) is 4.64. The highest BCUT2D eigenvalue weighted by atomic mass is 16.3. The Labute approximate surface area is 147 Å². The molecule has 8 nitrogen and oxygen atoms in total. The van der Waals surface area contributed by atoms with Gasteiger partial charge < -0.3 is 10.0 Å². The number of carbonyl (C=O) groups is 1. The second-order valence-corrected chi connectivity index (χ2v) is 7.37. The van der Waals surface area contributed by atoms with E-state index in [0.717, 1.165) is 18.7 Å². The van der Waals surface area contributed by atoms with E-state index in [-0.39, 0.29) is 5.91 Å². The van der Waals surface area contributed by atoms with Gasteiger partial charge in [-0.05, 0) is 25.7 Å². The number of likely N-dealkylation sites (tertiary alicyclic amines) is 1. The predicted molar refractivity (Wildman–Crippen MR) is 91.9 cm³/mol. The lowest BCUT2D eigenvalue weighted by molar-refractivity contribution is -0.0387. The molecule has 0 bridgehead atoms. The third kappa shape index (κ3) is 3.89. The molecule has 0 aromatic carbocycles. The largest absolute Gasteiger partial charge is 0.386 e. The van der Waals surface area contributed by atoms with E-state index in [9.17, 15) is 9.90 Å². The molecule has 1 aliphatic heterocycles. The van der Waals surface area contributed by atoms with Crippen LogP contribution in [0, 0.1) is 12.8 Å². The molecule has 25 heavy (non-hydrogen) atoms. The second-order valence-electron chi connectivity index (χ2n) is 7.37. The second kappa shape index (κ2) is 6.95. The lowest BCUT2D eigenvalue weighted by atomic mass is 9.92. The Balaban J connectivity index is 1.73. The molecule has 3 rings (SSSR count). The maximum Gasteiger partial charge on any atom is 0.257 e. The van der Waals surface area contributed by atoms with Crippen LogP contribution in [0.25, 0.3) is 0 Å². The first kappa shape index (κ1) is 17.6. The Morgan fingerprint density at radius 3 is 2.92 bits per heavy atom. The molecule has 1 aliphatic rings. The molecule has 3 heterocycles. The molecular formula is C17H26N6O2. The van der Waals surface area contributed by atoms with Gasteiger partial charge >= 0.3 is 0 Å². The minimum Gasteiger partial charge on any atom is -0.386 e. The van der Waals surface area contributed by atoms with Crippen LogP contribution in [0.3, 0.4) is 0 Å². The average molecular weight is 346 g/mol. The molecular weight excluding hydrogens is 320 g/mol. The van der Waals surface area contributed by atoms with Gasteiger partial charge in [0.1, 0.15) is 5.60 Å². The van der Waals surface area contributed by atoms with Crippen molar-refractivity contribution in [2.75, 3.05) is 13.1 Å². The smallest absolute Gasteiger partial charge is 0.257 e. The topological polar surface area (TPSA) is 89.1 Å². The lowest BCUT2D eigenvalue weighted by Gasteiger charge is -2.39. The summed E-state index contributed by atoms with van der Waals surface area (Å²) in [7, 11) is 0. The quantitative estimate of drug-likeness (QED) is 0.876. The van der Waals surface area contributed by atoms with Crippen LogP contribution in [0.5, 0.6) is 0 Å². The fraction of sp³-hybridized carbons (Fsp3) is 0.647. The monoisotopic (exact) mass is 346 g/mol. The van der Waals surface area contributed by atoms with Crippen molar-refractivity contribution in [2.24, 2.45) is 5.92 Å². The molecule has 1 atom stereocenters. The number of hydrogen-bond acceptors (Lipinski definition) is 5. The van der Waals surface area contributed by atoms with Gasteiger partial charge in [0.2, 0.25) is 0 Å². The Hall–Kier alpha value is -2.22. The van der Waals surface area contributed by atoms with Gasteiger partial charge in [0, 0.05) is 25.0 Å². The van der Waals surface area contributed by atoms with Gasteiger partial charge in [0.15, 0.2) is 0 Å². The van der Waals surface area contributed by atoms with Crippen molar-refractivity contribution in [1.82, 2.24) is 29.7 Å². The van der Waals surface area contributed by atoms with Gasteiger partial charge in [-0.25, -0.2) is 4.68 Å². The van der Waals surface area contributed by atoms with Crippen molar-refractivity contribution < 1.29 is 9.90 Å². The van der Waals surface area contributed by atoms with E-state index < -0.39 is 5.60 Å². The van der Waals surface area contributed by atoms with Gasteiger partial charge in [-0.2, -0.15) is 5.10 Å². The van der Waals surface area contributed by atoms with Crippen LogP contribution < -0.4 is 0 Å². The van der Waals surface area contributed by atoms with Gasteiger partial charge in [0.25, 0.3) is 5.91 Å². The van der Waals surface area contributed by atoms with E-state index in [1.54, 1.807) is 28.2 Å². The summed E-state index contributed by atoms with van der Waals surface area (Å²) in [6.07, 6.45) is 6.35. The van der Waals surface area contributed by atoms with Gasteiger partial charge in [-0.1, -0.05) is 19.1 Å². The maximum absolute atomic E-state index is 12.9. The Morgan fingerprint density at radius 1 is 1.44 bits per heavy atom. The van der Waals surface area contributed by atoms with E-state index in [1.807, 2.05) is 11.6 Å². The number of carbonyl (C=O) groups excluding carboxylic acids is 1. The number of aliphatic hydroxyl groups is 1. The minimum absolute atomic E-state index is 0.0655. The number of rotatable bonds is 5. The number of nitrogens with zero attached hydrogens (tertiary/aromatic N) is 6. The first-order chi connectivity index (χ1) is 11.9. The molecule has 2 aromatic heterocycles. The summed E-state index contributed by atoms with van der Waals surface area (Å²) in [5, 5.41) is 22.9. The van der Waals surface area contributed by atoms with Gasteiger partial charge in [0.05, 0.1) is 31.0 Å². The molecule has 1 fully saturated rings. The van der Waals surface area contributed by atoms with Crippen molar-refractivity contribution in [3.63, 3.8) is 0 Å². The Bertz CT molecular complexity index is 724. The molecule has 1 N–H and O–H groups in total. The van der Waals surface area contributed by atoms with Crippen LogP contribution in [0.4, 0.5) is 0 Å². The first-order valence-electron chi connectivity index (χ1n) is 8.76. The lowest BCUT2D eigenvalue weighted by Crippen LogP contribution is -2.52. The molecule has 0 spiro atoms. The summed E-state index contributed by atoms with van der Waals surface area (Å²) in [6.45, 7) is 8.23. The summed E-state index contributed by atoms with van der Waals surface area (Å²) >= 11 is 0. The van der Waals surface area contributed by atoms with E-state index in [4.69, 9.17) is 0 Å². The van der Waals surface area contributed by atoms with Crippen LogP contribution in [-0.2, 0) is 13.1 Å². The zero-order valence-electron chi connectivity index (χ0n) is 15.1. The standard InChI is InChI=1S/C17H26N6O2/c1-13(2)10-23-14(3)15(9-19-23)16(24)21-7-4-5-17(25,11-21)12-22-8-6-18-20-22/h6,8-9,13,25H,4-5,7,10-12H2,1-3H3. The SMILES string of the molecule is Cc1c(C(=O)N2CCCC(O)(Cn3ccnn3)C2)cnn1CC(C)C. The van der Waals surface area contributed by atoms with E-state index in [0.29, 0.717) is 37.5 Å². The van der Waals surface area contributed by atoms with E-state index >= 15 is 0 Å². The first-order valence-corrected chi connectivity index (χ1v) is 8.76. The highest BCUT2D eigenvalue weighted by molar-refractivity contribution is 5.95. The van der Waals surface area contributed by atoms with Crippen LogP contribution in [0.2, 0.25) is 0 Å². The molecule has 1 amide bonds. The number of aromatic nitrogens is 5. The molecule has 0 radical (unpaired) electrons. The zero-order valence-corrected chi connectivity index (χ0v) is 15.1. The average Bonchev–Trinajstić information content (AvgIpc) is 3.17.